The number of rotatable bonds is 3. The fourth-order valence-electron chi connectivity index (χ4n) is 3.43. The second-order valence-corrected chi connectivity index (χ2v) is 9.02. The third kappa shape index (κ3) is 3.98. The molecule has 1 aromatic carbocycles. The van der Waals surface area contributed by atoms with E-state index in [1.807, 2.05) is 0 Å². The van der Waals surface area contributed by atoms with Crippen LogP contribution in [0, 0.1) is 19.7 Å². The van der Waals surface area contributed by atoms with Gasteiger partial charge in [0.25, 0.3) is 5.91 Å². The minimum atomic E-state index is -4.71. The summed E-state index contributed by atoms with van der Waals surface area (Å²) in [6, 6.07) is 4.24. The fraction of sp³-hybridized carbons (Fsp3) is 0.368. The average Bonchev–Trinajstić information content (AvgIpc) is 2.96. The molecule has 1 fully saturated rings. The van der Waals surface area contributed by atoms with E-state index in [2.05, 4.69) is 4.98 Å². The zero-order valence-electron chi connectivity index (χ0n) is 16.4. The monoisotopic (exact) mass is 445 g/mol. The van der Waals surface area contributed by atoms with Crippen LogP contribution in [0.2, 0.25) is 0 Å². The predicted molar refractivity (Wildman–Crippen MR) is 103 cm³/mol. The van der Waals surface area contributed by atoms with E-state index >= 15 is 0 Å². The fourth-order valence-corrected chi connectivity index (χ4v) is 5.10. The molecule has 1 amide bonds. The molecule has 162 valence electrons. The molecule has 3 rings (SSSR count). The van der Waals surface area contributed by atoms with Crippen molar-refractivity contribution in [3.8, 4) is 0 Å². The molecule has 2 heterocycles. The summed E-state index contributed by atoms with van der Waals surface area (Å²) >= 11 is 0. The van der Waals surface area contributed by atoms with Crippen molar-refractivity contribution in [2.45, 2.75) is 32.5 Å². The van der Waals surface area contributed by atoms with Crippen molar-refractivity contribution in [1.82, 2.24) is 4.98 Å². The van der Waals surface area contributed by atoms with Crippen molar-refractivity contribution in [3.63, 3.8) is 0 Å². The SMILES string of the molecule is Cc1cc(C(F)(F)F)cc(N2[C@H](C(=O)N(C)c3cccc(F)c3C)CCS2(=O)=O)n1. The van der Waals surface area contributed by atoms with Gasteiger partial charge in [-0.1, -0.05) is 6.07 Å². The molecule has 1 aliphatic rings. The molecule has 11 heteroatoms. The van der Waals surface area contributed by atoms with Crippen LogP contribution < -0.4 is 9.21 Å². The molecule has 30 heavy (non-hydrogen) atoms. The topological polar surface area (TPSA) is 70.6 Å². The zero-order chi connectivity index (χ0) is 22.4. The molecule has 1 aromatic heterocycles. The minimum absolute atomic E-state index is 0.0394. The molecule has 1 aliphatic heterocycles. The molecule has 0 unspecified atom stereocenters. The van der Waals surface area contributed by atoms with Crippen LogP contribution in [-0.2, 0) is 21.0 Å². The van der Waals surface area contributed by atoms with Crippen LogP contribution in [0.1, 0.15) is 23.2 Å². The first kappa shape index (κ1) is 22.0. The molecule has 0 aliphatic carbocycles. The van der Waals surface area contributed by atoms with Crippen molar-refractivity contribution >= 4 is 27.4 Å². The summed E-state index contributed by atoms with van der Waals surface area (Å²) in [6.45, 7) is 2.77. The van der Waals surface area contributed by atoms with Crippen molar-refractivity contribution in [2.75, 3.05) is 22.0 Å². The molecule has 1 saturated heterocycles. The highest BCUT2D eigenvalue weighted by Gasteiger charge is 2.45. The highest BCUT2D eigenvalue weighted by molar-refractivity contribution is 7.93. The molecular weight excluding hydrogens is 426 g/mol. The lowest BCUT2D eigenvalue weighted by Crippen LogP contribution is -2.46. The highest BCUT2D eigenvalue weighted by atomic mass is 32.2. The van der Waals surface area contributed by atoms with Gasteiger partial charge in [-0.15, -0.1) is 0 Å². The molecule has 6 nitrogen and oxygen atoms in total. The van der Waals surface area contributed by atoms with E-state index in [9.17, 15) is 30.8 Å². The maximum absolute atomic E-state index is 13.9. The summed E-state index contributed by atoms with van der Waals surface area (Å²) in [4.78, 5) is 18.1. The minimum Gasteiger partial charge on any atom is -0.313 e. The predicted octanol–water partition coefficient (Wildman–Crippen LogP) is 3.43. The maximum atomic E-state index is 13.9. The number of pyridine rings is 1. The lowest BCUT2D eigenvalue weighted by atomic mass is 10.1. The second kappa shape index (κ2) is 7.53. The number of amides is 1. The maximum Gasteiger partial charge on any atom is 0.416 e. The first-order valence-electron chi connectivity index (χ1n) is 8.93. The third-order valence-electron chi connectivity index (χ3n) is 4.94. The number of carbonyl (C=O) groups is 1. The van der Waals surface area contributed by atoms with Crippen LogP contribution >= 0.6 is 0 Å². The first-order chi connectivity index (χ1) is 13.8. The van der Waals surface area contributed by atoms with Gasteiger partial charge in [-0.2, -0.15) is 13.2 Å². The van der Waals surface area contributed by atoms with E-state index in [-0.39, 0.29) is 23.4 Å². The Kier molecular flexibility index (Phi) is 5.52. The van der Waals surface area contributed by atoms with Crippen LogP contribution in [0.4, 0.5) is 29.1 Å². The van der Waals surface area contributed by atoms with Crippen LogP contribution in [0.5, 0.6) is 0 Å². The van der Waals surface area contributed by atoms with Crippen LogP contribution in [0.25, 0.3) is 0 Å². The quantitative estimate of drug-likeness (QED) is 0.679. The van der Waals surface area contributed by atoms with Crippen molar-refractivity contribution in [2.24, 2.45) is 0 Å². The van der Waals surface area contributed by atoms with E-state index in [0.29, 0.717) is 10.4 Å². The Morgan fingerprint density at radius 1 is 1.23 bits per heavy atom. The van der Waals surface area contributed by atoms with E-state index in [1.165, 1.54) is 39.1 Å². The van der Waals surface area contributed by atoms with Crippen LogP contribution in [-0.4, -0.2) is 38.2 Å². The number of aromatic nitrogens is 1. The number of carbonyl (C=O) groups excluding carboxylic acids is 1. The van der Waals surface area contributed by atoms with Gasteiger partial charge in [0.2, 0.25) is 10.0 Å². The van der Waals surface area contributed by atoms with Gasteiger partial charge in [0, 0.05) is 24.0 Å². The van der Waals surface area contributed by atoms with E-state index < -0.39 is 51.1 Å². The number of benzene rings is 1. The molecule has 1 atom stereocenters. The number of sulfonamides is 1. The number of hydrogen-bond donors (Lipinski definition) is 0. The zero-order valence-corrected chi connectivity index (χ0v) is 17.2. The Balaban J connectivity index is 2.05. The Hall–Kier alpha value is -2.69. The van der Waals surface area contributed by atoms with Gasteiger partial charge in [0.05, 0.1) is 11.3 Å². The number of anilines is 2. The number of alkyl halides is 3. The number of hydrogen-bond acceptors (Lipinski definition) is 4. The Morgan fingerprint density at radius 3 is 2.53 bits per heavy atom. The molecule has 0 bridgehead atoms. The highest BCUT2D eigenvalue weighted by Crippen LogP contribution is 2.35. The smallest absolute Gasteiger partial charge is 0.313 e. The number of aryl methyl sites for hydroxylation is 1. The summed E-state index contributed by atoms with van der Waals surface area (Å²) in [5, 5.41) is 0. The van der Waals surface area contributed by atoms with Gasteiger partial charge < -0.3 is 4.90 Å². The Bertz CT molecular complexity index is 1100. The normalized spacial score (nSPS) is 18.5. The largest absolute Gasteiger partial charge is 0.416 e. The number of nitrogens with zero attached hydrogens (tertiary/aromatic N) is 3. The van der Waals surface area contributed by atoms with Gasteiger partial charge in [0.15, 0.2) is 0 Å². The summed E-state index contributed by atoms with van der Waals surface area (Å²) < 4.78 is 79.4. The van der Waals surface area contributed by atoms with Gasteiger partial charge in [0.1, 0.15) is 17.7 Å². The first-order valence-corrected chi connectivity index (χ1v) is 10.5. The molecule has 0 saturated carbocycles. The van der Waals surface area contributed by atoms with Crippen molar-refractivity contribution < 1.29 is 30.8 Å². The van der Waals surface area contributed by atoms with E-state index in [4.69, 9.17) is 0 Å². The molecule has 0 radical (unpaired) electrons. The molecule has 0 N–H and O–H groups in total. The summed E-state index contributed by atoms with van der Waals surface area (Å²) in [7, 11) is -2.71. The summed E-state index contributed by atoms with van der Waals surface area (Å²) in [5.74, 6) is -2.13. The van der Waals surface area contributed by atoms with Gasteiger partial charge >= 0.3 is 6.18 Å². The van der Waals surface area contributed by atoms with Crippen LogP contribution in [0.3, 0.4) is 0 Å². The third-order valence-corrected chi connectivity index (χ3v) is 6.73. The number of halogens is 4. The average molecular weight is 445 g/mol. The van der Waals surface area contributed by atoms with Crippen molar-refractivity contribution in [3.05, 3.63) is 53.0 Å². The lowest BCUT2D eigenvalue weighted by Gasteiger charge is -2.28. The second-order valence-electron chi connectivity index (χ2n) is 7.05. The van der Waals surface area contributed by atoms with E-state index in [0.717, 1.165) is 11.0 Å². The van der Waals surface area contributed by atoms with Crippen LogP contribution in [0.15, 0.2) is 30.3 Å². The van der Waals surface area contributed by atoms with Gasteiger partial charge in [-0.05, 0) is 44.5 Å². The molecule has 0 spiro atoms. The molecule has 2 aromatic rings. The van der Waals surface area contributed by atoms with Gasteiger partial charge in [-0.25, -0.2) is 22.1 Å². The lowest BCUT2D eigenvalue weighted by molar-refractivity contribution is -0.137. The molecular formula is C19H19F4N3O3S. The van der Waals surface area contributed by atoms with Gasteiger partial charge in [-0.3, -0.25) is 4.79 Å². The Morgan fingerprint density at radius 2 is 1.90 bits per heavy atom. The summed E-state index contributed by atoms with van der Waals surface area (Å²) in [6.07, 6.45) is -4.84. The number of likely N-dealkylation sites (N-methyl/N-ethyl adjacent to an activating group) is 1. The Labute approximate surface area is 171 Å². The summed E-state index contributed by atoms with van der Waals surface area (Å²) in [5.41, 5.74) is -0.679. The standard InChI is InChI=1S/C19H19F4N3O3S/c1-11-9-13(19(21,22)23)10-17(24-11)26-16(7-8-30(26,28)29)18(27)25(3)15-6-4-5-14(20)12(15)2/h4-6,9-10,16H,7-8H2,1-3H3/t16-/m0/s1. The van der Waals surface area contributed by atoms with E-state index in [1.54, 1.807) is 0 Å². The van der Waals surface area contributed by atoms with Crippen molar-refractivity contribution in [1.29, 1.82) is 0 Å².